The molecule has 0 amide bonds. The minimum absolute atomic E-state index is 0.0420. The Bertz CT molecular complexity index is 885. The number of halogens is 1. The Morgan fingerprint density at radius 2 is 1.79 bits per heavy atom. The van der Waals surface area contributed by atoms with Crippen molar-refractivity contribution in [1.82, 2.24) is 0 Å². The Balaban J connectivity index is 1.66. The summed E-state index contributed by atoms with van der Waals surface area (Å²) >= 11 is 0. The highest BCUT2D eigenvalue weighted by Crippen LogP contribution is 2.52. The van der Waals surface area contributed by atoms with E-state index in [1.54, 1.807) is 19.2 Å². The molecule has 1 saturated heterocycles. The van der Waals surface area contributed by atoms with Crippen molar-refractivity contribution >= 4 is 5.97 Å². The van der Waals surface area contributed by atoms with Crippen LogP contribution in [0.3, 0.4) is 0 Å². The lowest BCUT2D eigenvalue weighted by molar-refractivity contribution is -0.143. The van der Waals surface area contributed by atoms with Gasteiger partial charge in [0.05, 0.1) is 38.4 Å². The highest BCUT2D eigenvalue weighted by atomic mass is 19.1. The fourth-order valence-electron chi connectivity index (χ4n) is 3.59. The number of methoxy groups -OCH3 is 2. The molecular weight excluding hydrogens is 379 g/mol. The zero-order valence-electron chi connectivity index (χ0n) is 16.4. The van der Waals surface area contributed by atoms with Crippen molar-refractivity contribution in [3.8, 4) is 11.5 Å². The van der Waals surface area contributed by atoms with Crippen LogP contribution in [0.25, 0.3) is 0 Å². The molecule has 1 saturated carbocycles. The first-order valence-corrected chi connectivity index (χ1v) is 9.49. The first kappa shape index (κ1) is 19.7. The first-order chi connectivity index (χ1) is 14.1. The van der Waals surface area contributed by atoms with E-state index in [2.05, 4.69) is 0 Å². The maximum atomic E-state index is 15.6. The molecule has 6 nitrogen and oxygen atoms in total. The van der Waals surface area contributed by atoms with E-state index in [-0.39, 0.29) is 17.9 Å². The van der Waals surface area contributed by atoms with Gasteiger partial charge >= 0.3 is 5.97 Å². The van der Waals surface area contributed by atoms with Crippen LogP contribution in [0.1, 0.15) is 35.8 Å². The Morgan fingerprint density at radius 3 is 2.38 bits per heavy atom. The van der Waals surface area contributed by atoms with Crippen molar-refractivity contribution in [2.45, 2.75) is 31.2 Å². The molecule has 2 fully saturated rings. The summed E-state index contributed by atoms with van der Waals surface area (Å²) in [7, 11) is 2.91. The lowest BCUT2D eigenvalue weighted by Crippen LogP contribution is -2.24. The Labute approximate surface area is 168 Å². The molecular formula is C22H23FO6. The van der Waals surface area contributed by atoms with Gasteiger partial charge in [-0.05, 0) is 36.6 Å². The van der Waals surface area contributed by atoms with Gasteiger partial charge in [-0.15, -0.1) is 0 Å². The highest BCUT2D eigenvalue weighted by Gasteiger charge is 2.54. The molecule has 0 aromatic heterocycles. The van der Waals surface area contributed by atoms with Gasteiger partial charge in [-0.25, -0.2) is 4.39 Å². The van der Waals surface area contributed by atoms with Gasteiger partial charge in [0.25, 0.3) is 0 Å². The van der Waals surface area contributed by atoms with Crippen LogP contribution < -0.4 is 9.47 Å². The van der Waals surface area contributed by atoms with Crippen molar-refractivity contribution in [1.29, 1.82) is 0 Å². The molecule has 1 heterocycles. The number of carbonyl (C=O) groups excluding carboxylic acids is 1. The Morgan fingerprint density at radius 1 is 1.10 bits per heavy atom. The monoisotopic (exact) mass is 402 g/mol. The molecule has 0 spiro atoms. The highest BCUT2D eigenvalue weighted by molar-refractivity contribution is 5.86. The summed E-state index contributed by atoms with van der Waals surface area (Å²) in [5.74, 6) is -0.235. The summed E-state index contributed by atoms with van der Waals surface area (Å²) < 4.78 is 42.6. The summed E-state index contributed by atoms with van der Waals surface area (Å²) in [4.78, 5) is 12.2. The van der Waals surface area contributed by atoms with E-state index in [0.717, 1.165) is 11.3 Å². The van der Waals surface area contributed by atoms with Crippen molar-refractivity contribution < 1.29 is 32.9 Å². The van der Waals surface area contributed by atoms with Gasteiger partial charge < -0.3 is 23.7 Å². The third-order valence-corrected chi connectivity index (χ3v) is 5.39. The van der Waals surface area contributed by atoms with Crippen LogP contribution in [0.4, 0.5) is 4.39 Å². The number of carbonyl (C=O) groups is 1. The first-order valence-electron chi connectivity index (χ1n) is 9.49. The van der Waals surface area contributed by atoms with Crippen LogP contribution >= 0.6 is 0 Å². The molecule has 0 atom stereocenters. The second-order valence-corrected chi connectivity index (χ2v) is 7.13. The maximum absolute atomic E-state index is 15.6. The molecule has 2 aliphatic rings. The lowest BCUT2D eigenvalue weighted by Gasteiger charge is -2.21. The summed E-state index contributed by atoms with van der Waals surface area (Å²) in [6, 6.07) is 10.6. The van der Waals surface area contributed by atoms with E-state index >= 15 is 4.39 Å². The second kappa shape index (κ2) is 8.00. The van der Waals surface area contributed by atoms with E-state index < -0.39 is 23.5 Å². The molecule has 0 unspecified atom stereocenters. The quantitative estimate of drug-likeness (QED) is 0.659. The number of esters is 1. The van der Waals surface area contributed by atoms with Crippen molar-refractivity contribution in [2.75, 3.05) is 27.4 Å². The van der Waals surface area contributed by atoms with E-state index in [1.807, 2.05) is 24.3 Å². The van der Waals surface area contributed by atoms with Gasteiger partial charge in [0.15, 0.2) is 17.9 Å². The van der Waals surface area contributed by atoms with Gasteiger partial charge in [-0.1, -0.05) is 18.2 Å². The minimum Gasteiger partial charge on any atom is -0.497 e. The zero-order chi connectivity index (χ0) is 20.4. The topological polar surface area (TPSA) is 63.2 Å². The molecule has 2 aromatic carbocycles. The summed E-state index contributed by atoms with van der Waals surface area (Å²) in [5.41, 5.74) is 0.671. The fourth-order valence-corrected chi connectivity index (χ4v) is 3.59. The van der Waals surface area contributed by atoms with Crippen LogP contribution in [-0.2, 0) is 31.0 Å². The molecule has 7 heteroatoms. The molecule has 0 bridgehead atoms. The molecule has 0 N–H and O–H groups in total. The molecule has 29 heavy (non-hydrogen) atoms. The van der Waals surface area contributed by atoms with Gasteiger partial charge in [0.1, 0.15) is 12.4 Å². The normalized spacial score (nSPS) is 17.8. The number of hydrogen-bond acceptors (Lipinski definition) is 6. The number of benzene rings is 2. The molecule has 2 aromatic rings. The number of ether oxygens (including phenoxy) is 5. The molecule has 4 rings (SSSR count). The molecule has 0 radical (unpaired) electrons. The SMILES string of the molecule is COC(=O)C1(c2ccc(C3OCCO3)c(OCc3ccc(OC)cc3)c2F)CC1. The minimum atomic E-state index is -0.938. The predicted molar refractivity (Wildman–Crippen MR) is 101 cm³/mol. The van der Waals surface area contributed by atoms with Crippen LogP contribution in [0.5, 0.6) is 11.5 Å². The third-order valence-electron chi connectivity index (χ3n) is 5.39. The molecule has 1 aliphatic carbocycles. The maximum Gasteiger partial charge on any atom is 0.316 e. The largest absolute Gasteiger partial charge is 0.497 e. The summed E-state index contributed by atoms with van der Waals surface area (Å²) in [5, 5.41) is 0. The average molecular weight is 402 g/mol. The van der Waals surface area contributed by atoms with Gasteiger partial charge in [-0.3, -0.25) is 4.79 Å². The van der Waals surface area contributed by atoms with Gasteiger partial charge in [0.2, 0.25) is 0 Å². The van der Waals surface area contributed by atoms with Crippen molar-refractivity contribution in [3.05, 3.63) is 58.9 Å². The van der Waals surface area contributed by atoms with Crippen LogP contribution in [0.2, 0.25) is 0 Å². The Kier molecular flexibility index (Phi) is 5.43. The van der Waals surface area contributed by atoms with Crippen LogP contribution in [0.15, 0.2) is 36.4 Å². The second-order valence-electron chi connectivity index (χ2n) is 7.13. The number of hydrogen-bond donors (Lipinski definition) is 0. The fraction of sp³-hybridized carbons (Fsp3) is 0.409. The Hall–Kier alpha value is -2.64. The van der Waals surface area contributed by atoms with Crippen LogP contribution in [0, 0.1) is 5.82 Å². The lowest BCUT2D eigenvalue weighted by atomic mass is 9.93. The summed E-state index contributed by atoms with van der Waals surface area (Å²) in [6.07, 6.45) is 0.395. The smallest absolute Gasteiger partial charge is 0.316 e. The number of rotatable bonds is 7. The van der Waals surface area contributed by atoms with Crippen LogP contribution in [-0.4, -0.2) is 33.4 Å². The van der Waals surface area contributed by atoms with E-state index in [0.29, 0.717) is 31.6 Å². The van der Waals surface area contributed by atoms with E-state index in [1.165, 1.54) is 7.11 Å². The third kappa shape index (κ3) is 3.68. The predicted octanol–water partition coefficient (Wildman–Crippen LogP) is 3.66. The van der Waals surface area contributed by atoms with E-state index in [9.17, 15) is 4.79 Å². The van der Waals surface area contributed by atoms with Gasteiger partial charge in [-0.2, -0.15) is 0 Å². The standard InChI is InChI=1S/C22H23FO6/c1-25-15-5-3-14(4-6-15)13-29-19-16(20-27-11-12-28-20)7-8-17(18(19)23)22(9-10-22)21(24)26-2/h3-8,20H,9-13H2,1-2H3. The zero-order valence-corrected chi connectivity index (χ0v) is 16.4. The molecule has 154 valence electrons. The van der Waals surface area contributed by atoms with Crippen molar-refractivity contribution in [2.24, 2.45) is 0 Å². The summed E-state index contributed by atoms with van der Waals surface area (Å²) in [6.45, 7) is 1.01. The van der Waals surface area contributed by atoms with Crippen molar-refractivity contribution in [3.63, 3.8) is 0 Å². The van der Waals surface area contributed by atoms with E-state index in [4.69, 9.17) is 23.7 Å². The molecule has 1 aliphatic heterocycles. The van der Waals surface area contributed by atoms with Gasteiger partial charge in [0, 0.05) is 5.56 Å². The average Bonchev–Trinajstić information content (AvgIpc) is 3.37.